The Balaban J connectivity index is 1.35. The fourth-order valence-electron chi connectivity index (χ4n) is 4.05. The van der Waals surface area contributed by atoms with Crippen molar-refractivity contribution in [1.82, 2.24) is 9.88 Å². The predicted octanol–water partition coefficient (Wildman–Crippen LogP) is 4.37. The second kappa shape index (κ2) is 9.05. The van der Waals surface area contributed by atoms with Crippen LogP contribution in [-0.2, 0) is 14.6 Å². The van der Waals surface area contributed by atoms with Crippen LogP contribution >= 0.6 is 11.3 Å². The number of aromatic nitrogens is 1. The highest BCUT2D eigenvalue weighted by Gasteiger charge is 2.32. The van der Waals surface area contributed by atoms with Crippen LogP contribution in [0.25, 0.3) is 20.8 Å². The zero-order valence-electron chi connectivity index (χ0n) is 17.8. The van der Waals surface area contributed by atoms with Crippen LogP contribution < -0.4 is 5.32 Å². The normalized spacial score (nSPS) is 17.0. The molecular weight excluding hydrogens is 454 g/mol. The third kappa shape index (κ3) is 4.83. The smallest absolute Gasteiger partial charge is 0.246 e. The molecule has 4 aromatic rings. The molecule has 1 amide bonds. The summed E-state index contributed by atoms with van der Waals surface area (Å²) in [7, 11) is -3.04. The number of hydrogen-bond acceptors (Lipinski definition) is 6. The number of rotatable bonds is 5. The summed E-state index contributed by atoms with van der Waals surface area (Å²) in [5.74, 6) is -0.0331. The molecule has 1 atom stereocenters. The molecule has 1 fully saturated rings. The van der Waals surface area contributed by atoms with E-state index in [9.17, 15) is 13.2 Å². The number of hydrogen-bond donors (Lipinski definition) is 1. The number of amides is 1. The Morgan fingerprint density at radius 2 is 1.58 bits per heavy atom. The zero-order chi connectivity index (χ0) is 22.8. The zero-order valence-corrected chi connectivity index (χ0v) is 19.5. The van der Waals surface area contributed by atoms with Crippen molar-refractivity contribution in [3.8, 4) is 10.6 Å². The summed E-state index contributed by atoms with van der Waals surface area (Å²) in [6.07, 6.45) is 0. The average molecular weight is 478 g/mol. The van der Waals surface area contributed by atoms with Crippen LogP contribution in [0.5, 0.6) is 0 Å². The van der Waals surface area contributed by atoms with Gasteiger partial charge in [0.25, 0.3) is 0 Å². The Labute approximate surface area is 196 Å². The molecule has 6 nitrogen and oxygen atoms in total. The van der Waals surface area contributed by atoms with Crippen LogP contribution in [0, 0.1) is 0 Å². The van der Waals surface area contributed by atoms with Gasteiger partial charge in [0.15, 0.2) is 9.84 Å². The summed E-state index contributed by atoms with van der Waals surface area (Å²) in [5.41, 5.74) is 3.51. The van der Waals surface area contributed by atoms with Crippen molar-refractivity contribution in [2.24, 2.45) is 0 Å². The molecule has 33 heavy (non-hydrogen) atoms. The number of para-hydroxylation sites is 1. The van der Waals surface area contributed by atoms with Gasteiger partial charge in [-0.25, -0.2) is 13.4 Å². The van der Waals surface area contributed by atoms with E-state index in [1.165, 1.54) is 0 Å². The van der Waals surface area contributed by atoms with Gasteiger partial charge in [-0.15, -0.1) is 11.3 Å². The quantitative estimate of drug-likeness (QED) is 0.462. The SMILES string of the molecule is O=C(Nc1ccc(-c2nc3ccccc3s2)cc1)C(c1ccccc1)N1CCS(=O)(=O)CC1. The predicted molar refractivity (Wildman–Crippen MR) is 133 cm³/mol. The molecule has 1 aliphatic rings. The van der Waals surface area contributed by atoms with E-state index in [0.717, 1.165) is 26.4 Å². The topological polar surface area (TPSA) is 79.4 Å². The Morgan fingerprint density at radius 1 is 0.909 bits per heavy atom. The minimum absolute atomic E-state index is 0.0699. The lowest BCUT2D eigenvalue weighted by molar-refractivity contribution is -0.121. The van der Waals surface area contributed by atoms with Gasteiger partial charge in [0.2, 0.25) is 5.91 Å². The highest BCUT2D eigenvalue weighted by Crippen LogP contribution is 2.31. The summed E-state index contributed by atoms with van der Waals surface area (Å²) in [6, 6.07) is 24.7. The maximum atomic E-state index is 13.3. The average Bonchev–Trinajstić information content (AvgIpc) is 3.26. The molecule has 1 unspecified atom stereocenters. The number of nitrogens with one attached hydrogen (secondary N) is 1. The number of anilines is 1. The molecule has 0 saturated carbocycles. The van der Waals surface area contributed by atoms with Crippen LogP contribution in [-0.4, -0.2) is 48.8 Å². The van der Waals surface area contributed by atoms with E-state index in [1.54, 1.807) is 11.3 Å². The van der Waals surface area contributed by atoms with E-state index in [-0.39, 0.29) is 17.4 Å². The molecule has 2 heterocycles. The van der Waals surface area contributed by atoms with Gasteiger partial charge < -0.3 is 5.32 Å². The van der Waals surface area contributed by atoms with Crippen LogP contribution in [0.3, 0.4) is 0 Å². The van der Waals surface area contributed by atoms with Gasteiger partial charge in [-0.05, 0) is 42.0 Å². The van der Waals surface area contributed by atoms with Crippen molar-refractivity contribution in [3.05, 3.63) is 84.4 Å². The molecule has 0 bridgehead atoms. The molecule has 1 aromatic heterocycles. The minimum Gasteiger partial charge on any atom is -0.324 e. The third-order valence-corrected chi connectivity index (χ3v) is 8.50. The van der Waals surface area contributed by atoms with Crippen LogP contribution in [0.2, 0.25) is 0 Å². The number of carbonyl (C=O) groups excluding carboxylic acids is 1. The van der Waals surface area contributed by atoms with Gasteiger partial charge in [-0.2, -0.15) is 0 Å². The number of carbonyl (C=O) groups is 1. The van der Waals surface area contributed by atoms with Gasteiger partial charge in [-0.3, -0.25) is 9.69 Å². The van der Waals surface area contributed by atoms with Crippen molar-refractivity contribution >= 4 is 43.0 Å². The summed E-state index contributed by atoms with van der Waals surface area (Å²) in [5, 5.41) is 3.95. The van der Waals surface area contributed by atoms with Gasteiger partial charge >= 0.3 is 0 Å². The molecule has 0 aliphatic carbocycles. The highest BCUT2D eigenvalue weighted by molar-refractivity contribution is 7.91. The summed E-state index contributed by atoms with van der Waals surface area (Å²) in [4.78, 5) is 20.0. The van der Waals surface area contributed by atoms with Gasteiger partial charge in [0.05, 0.1) is 21.7 Å². The second-order valence-corrected chi connectivity index (χ2v) is 11.4. The van der Waals surface area contributed by atoms with Crippen LogP contribution in [0.1, 0.15) is 11.6 Å². The first-order valence-electron chi connectivity index (χ1n) is 10.7. The second-order valence-electron chi connectivity index (χ2n) is 8.05. The number of thiazole rings is 1. The van der Waals surface area contributed by atoms with Crippen LogP contribution in [0.4, 0.5) is 5.69 Å². The maximum absolute atomic E-state index is 13.3. The maximum Gasteiger partial charge on any atom is 0.246 e. The fraction of sp³-hybridized carbons (Fsp3) is 0.200. The molecule has 3 aromatic carbocycles. The summed E-state index contributed by atoms with van der Waals surface area (Å²) >= 11 is 1.64. The molecule has 0 radical (unpaired) electrons. The lowest BCUT2D eigenvalue weighted by Crippen LogP contribution is -2.46. The molecule has 1 N–H and O–H groups in total. The molecule has 1 aliphatic heterocycles. The molecular formula is C25H23N3O3S2. The Kier molecular flexibility index (Phi) is 5.97. The van der Waals surface area contributed by atoms with E-state index in [1.807, 2.05) is 77.7 Å². The van der Waals surface area contributed by atoms with E-state index in [0.29, 0.717) is 18.8 Å². The number of benzene rings is 3. The van der Waals surface area contributed by atoms with Gasteiger partial charge in [0.1, 0.15) is 11.0 Å². The Bertz CT molecular complexity index is 1340. The van der Waals surface area contributed by atoms with Crippen molar-refractivity contribution in [2.45, 2.75) is 6.04 Å². The third-order valence-electron chi connectivity index (χ3n) is 5.80. The number of fused-ring (bicyclic) bond motifs is 1. The first-order chi connectivity index (χ1) is 16.0. The first-order valence-corrected chi connectivity index (χ1v) is 13.4. The molecule has 5 rings (SSSR count). The lowest BCUT2D eigenvalue weighted by atomic mass is 10.0. The van der Waals surface area contributed by atoms with E-state index in [2.05, 4.69) is 16.4 Å². The summed E-state index contributed by atoms with van der Waals surface area (Å²) < 4.78 is 24.9. The molecule has 168 valence electrons. The number of nitrogens with zero attached hydrogens (tertiary/aromatic N) is 2. The van der Waals surface area contributed by atoms with Crippen molar-refractivity contribution in [2.75, 3.05) is 29.9 Å². The first kappa shape index (κ1) is 21.8. The molecule has 0 spiro atoms. The van der Waals surface area contributed by atoms with E-state index >= 15 is 0 Å². The fourth-order valence-corrected chi connectivity index (χ4v) is 6.25. The van der Waals surface area contributed by atoms with Crippen molar-refractivity contribution in [3.63, 3.8) is 0 Å². The van der Waals surface area contributed by atoms with E-state index in [4.69, 9.17) is 0 Å². The van der Waals surface area contributed by atoms with E-state index < -0.39 is 15.9 Å². The van der Waals surface area contributed by atoms with Crippen LogP contribution in [0.15, 0.2) is 78.9 Å². The van der Waals surface area contributed by atoms with Crippen molar-refractivity contribution in [1.29, 1.82) is 0 Å². The monoisotopic (exact) mass is 477 g/mol. The van der Waals surface area contributed by atoms with Gasteiger partial charge in [-0.1, -0.05) is 42.5 Å². The number of sulfone groups is 1. The molecule has 8 heteroatoms. The largest absolute Gasteiger partial charge is 0.324 e. The Hall–Kier alpha value is -3.07. The van der Waals surface area contributed by atoms with Crippen molar-refractivity contribution < 1.29 is 13.2 Å². The summed E-state index contributed by atoms with van der Waals surface area (Å²) in [6.45, 7) is 0.678. The van der Waals surface area contributed by atoms with Gasteiger partial charge in [0, 0.05) is 24.3 Å². The lowest BCUT2D eigenvalue weighted by Gasteiger charge is -2.33. The highest BCUT2D eigenvalue weighted by atomic mass is 32.2. The minimum atomic E-state index is -3.04. The molecule has 1 saturated heterocycles. The Morgan fingerprint density at radius 3 is 2.27 bits per heavy atom. The standard InChI is InChI=1S/C25H23N3O3S2/c29-24(23(18-6-2-1-3-7-18)28-14-16-33(30,31)17-15-28)26-20-12-10-19(11-13-20)25-27-21-8-4-5-9-22(21)32-25/h1-13,23H,14-17H2,(H,26,29).